The van der Waals surface area contributed by atoms with Crippen LogP contribution in [0.1, 0.15) is 37.0 Å². The van der Waals surface area contributed by atoms with Crippen LogP contribution >= 0.6 is 0 Å². The highest BCUT2D eigenvalue weighted by molar-refractivity contribution is 7.92. The summed E-state index contributed by atoms with van der Waals surface area (Å²) in [5, 5.41) is 2.72. The lowest BCUT2D eigenvalue weighted by molar-refractivity contribution is -0.137. The number of amides is 1. The molecule has 2 aliphatic heterocycles. The number of alkyl halides is 3. The molecule has 0 unspecified atom stereocenters. The van der Waals surface area contributed by atoms with Crippen molar-refractivity contribution in [1.29, 1.82) is 0 Å². The molecule has 0 aromatic heterocycles. The van der Waals surface area contributed by atoms with Gasteiger partial charge in [-0.25, -0.2) is 8.42 Å². The first-order chi connectivity index (χ1) is 15.2. The molecule has 2 aromatic carbocycles. The van der Waals surface area contributed by atoms with Crippen molar-refractivity contribution < 1.29 is 31.1 Å². The summed E-state index contributed by atoms with van der Waals surface area (Å²) in [7, 11) is -1.92. The first kappa shape index (κ1) is 23.2. The van der Waals surface area contributed by atoms with E-state index < -0.39 is 33.3 Å². The third-order valence-electron chi connectivity index (χ3n) is 5.70. The Balaban J connectivity index is 1.63. The fraction of sp³-hybridized carbons (Fsp3) is 0.348. The van der Waals surface area contributed by atoms with Crippen LogP contribution in [0.2, 0.25) is 0 Å². The minimum atomic E-state index is -4.51. The van der Waals surface area contributed by atoms with Gasteiger partial charge in [0.2, 0.25) is 15.9 Å². The van der Waals surface area contributed by atoms with Crippen LogP contribution in [0.15, 0.2) is 42.5 Å². The molecular formula is C23H23F3N2O4S. The largest absolute Gasteiger partial charge is 0.487 e. The Morgan fingerprint density at radius 1 is 1.18 bits per heavy atom. The van der Waals surface area contributed by atoms with Crippen LogP contribution in [-0.4, -0.2) is 32.7 Å². The number of nitrogens with zero attached hydrogens (tertiary/aromatic N) is 1. The normalized spacial score (nSPS) is 19.9. The van der Waals surface area contributed by atoms with Gasteiger partial charge in [0.05, 0.1) is 17.0 Å². The predicted molar refractivity (Wildman–Crippen MR) is 120 cm³/mol. The van der Waals surface area contributed by atoms with E-state index in [1.807, 2.05) is 0 Å². The van der Waals surface area contributed by atoms with E-state index in [9.17, 15) is 26.4 Å². The lowest BCUT2D eigenvalue weighted by atomic mass is 9.88. The van der Waals surface area contributed by atoms with Gasteiger partial charge in [-0.2, -0.15) is 13.2 Å². The summed E-state index contributed by atoms with van der Waals surface area (Å²) >= 11 is 0. The van der Waals surface area contributed by atoms with Crippen LogP contribution in [0.5, 0.6) is 5.75 Å². The van der Waals surface area contributed by atoms with Gasteiger partial charge in [-0.3, -0.25) is 9.10 Å². The van der Waals surface area contributed by atoms with E-state index in [2.05, 4.69) is 5.32 Å². The first-order valence-electron chi connectivity index (χ1n) is 10.3. The van der Waals surface area contributed by atoms with Crippen molar-refractivity contribution in [1.82, 2.24) is 0 Å². The van der Waals surface area contributed by atoms with Crippen LogP contribution in [0.25, 0.3) is 5.57 Å². The lowest BCUT2D eigenvalue weighted by Crippen LogP contribution is -2.34. The number of hydrogen-bond acceptors (Lipinski definition) is 4. The van der Waals surface area contributed by atoms with E-state index in [-0.39, 0.29) is 11.5 Å². The molecule has 2 aromatic rings. The smallest absolute Gasteiger partial charge is 0.416 e. The average molecular weight is 481 g/mol. The maximum atomic E-state index is 13.1. The zero-order valence-electron chi connectivity index (χ0n) is 18.3. The number of fused-ring (bicyclic) bond motifs is 2. The van der Waals surface area contributed by atoms with E-state index in [0.29, 0.717) is 35.4 Å². The summed E-state index contributed by atoms with van der Waals surface area (Å²) in [5.74, 6) is -0.378. The molecule has 0 fully saturated rings. The molecule has 0 saturated heterocycles. The third kappa shape index (κ3) is 4.71. The zero-order chi connectivity index (χ0) is 24.2. The quantitative estimate of drug-likeness (QED) is 0.637. The Morgan fingerprint density at radius 3 is 2.61 bits per heavy atom. The number of ether oxygens (including phenoxy) is 1. The van der Waals surface area contributed by atoms with E-state index in [0.717, 1.165) is 17.7 Å². The van der Waals surface area contributed by atoms with Gasteiger partial charge in [0.25, 0.3) is 0 Å². The van der Waals surface area contributed by atoms with E-state index in [1.165, 1.54) is 23.5 Å². The molecule has 0 radical (unpaired) electrons. The molecule has 10 heteroatoms. The molecule has 2 heterocycles. The number of anilines is 2. The fourth-order valence-corrected chi connectivity index (χ4v) is 5.29. The maximum absolute atomic E-state index is 13.1. The number of carbonyl (C=O) groups is 1. The van der Waals surface area contributed by atoms with Gasteiger partial charge in [0, 0.05) is 30.8 Å². The van der Waals surface area contributed by atoms with Crippen molar-refractivity contribution in [2.45, 2.75) is 38.5 Å². The van der Waals surface area contributed by atoms with Crippen molar-refractivity contribution >= 4 is 32.9 Å². The number of halogens is 3. The van der Waals surface area contributed by atoms with Gasteiger partial charge < -0.3 is 10.1 Å². The molecule has 0 bridgehead atoms. The van der Waals surface area contributed by atoms with E-state index >= 15 is 0 Å². The highest BCUT2D eigenvalue weighted by Crippen LogP contribution is 2.43. The van der Waals surface area contributed by atoms with Crippen molar-refractivity contribution in [3.8, 4) is 5.75 Å². The summed E-state index contributed by atoms with van der Waals surface area (Å²) in [4.78, 5) is 12.8. The number of carbonyl (C=O) groups excluding carboxylic acids is 1. The molecule has 0 atom stereocenters. The van der Waals surface area contributed by atoms with Crippen LogP contribution in [-0.2, 0) is 27.4 Å². The summed E-state index contributed by atoms with van der Waals surface area (Å²) in [6.45, 7) is 3.48. The third-order valence-corrected chi connectivity index (χ3v) is 7.45. The second-order valence-corrected chi connectivity index (χ2v) is 10.9. The van der Waals surface area contributed by atoms with Gasteiger partial charge in [0.1, 0.15) is 11.4 Å². The number of aryl methyl sites for hydroxylation is 1. The lowest BCUT2D eigenvalue weighted by Gasteiger charge is -2.34. The molecule has 33 heavy (non-hydrogen) atoms. The van der Waals surface area contributed by atoms with Crippen molar-refractivity contribution in [2.24, 2.45) is 0 Å². The molecule has 2 aliphatic rings. The molecule has 0 spiro atoms. The number of sulfonamides is 1. The van der Waals surface area contributed by atoms with Crippen LogP contribution in [0, 0.1) is 0 Å². The van der Waals surface area contributed by atoms with Gasteiger partial charge in [-0.1, -0.05) is 12.1 Å². The Kier molecular flexibility index (Phi) is 5.47. The second kappa shape index (κ2) is 7.79. The van der Waals surface area contributed by atoms with E-state index in [1.54, 1.807) is 32.0 Å². The predicted octanol–water partition coefficient (Wildman–Crippen LogP) is 4.61. The Hall–Kier alpha value is -3.01. The van der Waals surface area contributed by atoms with Crippen LogP contribution in [0.3, 0.4) is 0 Å². The molecule has 0 saturated carbocycles. The fourth-order valence-electron chi connectivity index (χ4n) is 4.07. The molecular weight excluding hydrogens is 457 g/mol. The standard InChI is InChI=1S/C23H23F3N2O4S/c1-22(2)13-15(18-7-5-16(23(24,25)26)11-20(18)32-22)10-21(29)27-17-6-4-14-8-9-33(30,31)28(3)19(14)12-17/h4-7,10-12H,8-9,13H2,1-3H3,(H,27,29)/b15-10+. The van der Waals surface area contributed by atoms with Gasteiger partial charge in [0.15, 0.2) is 0 Å². The number of benzene rings is 2. The van der Waals surface area contributed by atoms with Crippen molar-refractivity contribution in [3.05, 3.63) is 59.2 Å². The van der Waals surface area contributed by atoms with Crippen LogP contribution in [0.4, 0.5) is 24.5 Å². The molecule has 0 aliphatic carbocycles. The number of nitrogens with one attached hydrogen (secondary N) is 1. The average Bonchev–Trinajstić information content (AvgIpc) is 2.69. The Morgan fingerprint density at radius 2 is 1.91 bits per heavy atom. The zero-order valence-corrected chi connectivity index (χ0v) is 19.1. The van der Waals surface area contributed by atoms with Crippen molar-refractivity contribution in [2.75, 3.05) is 22.4 Å². The summed E-state index contributed by atoms with van der Waals surface area (Å²) in [6.07, 6.45) is -2.44. The van der Waals surface area contributed by atoms with Gasteiger partial charge in [-0.15, -0.1) is 0 Å². The SMILES string of the molecule is CN1c2cc(NC(=O)/C=C3\CC(C)(C)Oc4cc(C(F)(F)F)ccc43)ccc2CCS1(=O)=O. The Labute approximate surface area is 190 Å². The summed E-state index contributed by atoms with van der Waals surface area (Å²) in [5.41, 5.74) is 1.13. The summed E-state index contributed by atoms with van der Waals surface area (Å²) < 4.78 is 70.6. The molecule has 6 nitrogen and oxygen atoms in total. The first-order valence-corrected chi connectivity index (χ1v) is 11.9. The van der Waals surface area contributed by atoms with Crippen LogP contribution < -0.4 is 14.4 Å². The molecule has 4 rings (SSSR count). The minimum absolute atomic E-state index is 0.0294. The maximum Gasteiger partial charge on any atom is 0.416 e. The topological polar surface area (TPSA) is 75.7 Å². The molecule has 1 N–H and O–H groups in total. The monoisotopic (exact) mass is 480 g/mol. The number of rotatable bonds is 2. The summed E-state index contributed by atoms with van der Waals surface area (Å²) in [6, 6.07) is 8.28. The van der Waals surface area contributed by atoms with Crippen molar-refractivity contribution in [3.63, 3.8) is 0 Å². The highest BCUT2D eigenvalue weighted by Gasteiger charge is 2.35. The number of hydrogen-bond donors (Lipinski definition) is 1. The molecule has 176 valence electrons. The van der Waals surface area contributed by atoms with E-state index in [4.69, 9.17) is 4.74 Å². The minimum Gasteiger partial charge on any atom is -0.487 e. The van der Waals surface area contributed by atoms with Gasteiger partial charge >= 0.3 is 6.18 Å². The second-order valence-electron chi connectivity index (χ2n) is 8.78. The van der Waals surface area contributed by atoms with Gasteiger partial charge in [-0.05, 0) is 55.7 Å². The molecule has 1 amide bonds. The Bertz CT molecular complexity index is 1270. The highest BCUT2D eigenvalue weighted by atomic mass is 32.2.